The number of aliphatic hydroxyl groups excluding tert-OH is 1. The fraction of sp³-hybridized carbons (Fsp3) is 0.750. The monoisotopic (exact) mass is 452 g/mol. The number of hydrogen-bond acceptors (Lipinski definition) is 5. The Bertz CT molecular complexity index is 1050. The van der Waals surface area contributed by atoms with Crippen molar-refractivity contribution in [3.63, 3.8) is 0 Å². The second-order valence-corrected chi connectivity index (χ2v) is 12.4. The molecule has 0 bridgehead atoms. The van der Waals surface area contributed by atoms with E-state index in [4.69, 9.17) is 14.2 Å². The second kappa shape index (κ2) is 6.29. The molecule has 3 aliphatic heterocycles. The highest BCUT2D eigenvalue weighted by Gasteiger charge is 2.76. The lowest BCUT2D eigenvalue weighted by Crippen LogP contribution is -2.57. The van der Waals surface area contributed by atoms with Crippen LogP contribution in [0.3, 0.4) is 0 Å². The minimum absolute atomic E-state index is 0.0658. The number of epoxide rings is 2. The van der Waals surface area contributed by atoms with Gasteiger partial charge in [0.25, 0.3) is 0 Å². The number of Topliss-reactive ketones (excluding diaryl/α,β-unsaturated/α-hetero) is 1. The predicted octanol–water partition coefficient (Wildman–Crippen LogP) is 4.39. The van der Waals surface area contributed by atoms with Crippen LogP contribution in [0.15, 0.2) is 18.2 Å². The SMILES string of the molecule is C[C@@H](c1ccc2c(c1)CC[C@H]1[C@H]2C[C@@H]2O[C@@]23CCCC(=O)[C@]13C)[C@H]1C[C@]2(C)O[C@]2(C)[C@H](O)O1. The molecule has 3 saturated heterocycles. The van der Waals surface area contributed by atoms with Gasteiger partial charge in [-0.2, -0.15) is 0 Å². The molecular weight excluding hydrogens is 416 g/mol. The van der Waals surface area contributed by atoms with E-state index in [-0.39, 0.29) is 34.7 Å². The number of carbonyl (C=O) groups is 1. The Morgan fingerprint density at radius 2 is 2.00 bits per heavy atom. The summed E-state index contributed by atoms with van der Waals surface area (Å²) in [7, 11) is 0. The average molecular weight is 453 g/mol. The van der Waals surface area contributed by atoms with E-state index in [0.29, 0.717) is 17.6 Å². The Morgan fingerprint density at radius 3 is 2.79 bits per heavy atom. The van der Waals surface area contributed by atoms with Gasteiger partial charge in [0, 0.05) is 18.8 Å². The quantitative estimate of drug-likeness (QED) is 0.674. The Balaban J connectivity index is 1.17. The van der Waals surface area contributed by atoms with E-state index in [0.717, 1.165) is 44.9 Å². The number of ketones is 1. The maximum absolute atomic E-state index is 13.2. The van der Waals surface area contributed by atoms with Crippen LogP contribution in [0.4, 0.5) is 0 Å². The summed E-state index contributed by atoms with van der Waals surface area (Å²) in [5, 5.41) is 10.5. The van der Waals surface area contributed by atoms with Crippen LogP contribution >= 0.6 is 0 Å². The van der Waals surface area contributed by atoms with E-state index >= 15 is 0 Å². The molecule has 3 heterocycles. The van der Waals surface area contributed by atoms with Crippen molar-refractivity contribution in [3.05, 3.63) is 34.9 Å². The normalized spacial score (nSPS) is 52.5. The zero-order chi connectivity index (χ0) is 23.0. The first kappa shape index (κ1) is 21.0. The summed E-state index contributed by atoms with van der Waals surface area (Å²) in [6, 6.07) is 6.95. The summed E-state index contributed by atoms with van der Waals surface area (Å²) >= 11 is 0. The van der Waals surface area contributed by atoms with Crippen LogP contribution in [-0.2, 0) is 25.4 Å². The third kappa shape index (κ3) is 2.45. The molecule has 0 amide bonds. The molecule has 7 rings (SSSR count). The van der Waals surface area contributed by atoms with Crippen LogP contribution in [0, 0.1) is 11.3 Å². The number of hydrogen-bond donors (Lipinski definition) is 1. The highest BCUT2D eigenvalue weighted by Crippen LogP contribution is 2.70. The lowest BCUT2D eigenvalue weighted by Gasteiger charge is -2.52. The van der Waals surface area contributed by atoms with E-state index < -0.39 is 11.9 Å². The van der Waals surface area contributed by atoms with Gasteiger partial charge in [0.05, 0.1) is 17.6 Å². The summed E-state index contributed by atoms with van der Waals surface area (Å²) in [6.45, 7) is 8.45. The first-order chi connectivity index (χ1) is 15.6. The van der Waals surface area contributed by atoms with E-state index in [1.165, 1.54) is 16.7 Å². The summed E-state index contributed by atoms with van der Waals surface area (Å²) < 4.78 is 18.3. The minimum Gasteiger partial charge on any atom is -0.366 e. The van der Waals surface area contributed by atoms with Crippen LogP contribution in [0.1, 0.15) is 94.7 Å². The summed E-state index contributed by atoms with van der Waals surface area (Å²) in [6.07, 6.45) is 6.02. The molecule has 1 aromatic carbocycles. The lowest BCUT2D eigenvalue weighted by atomic mass is 9.48. The van der Waals surface area contributed by atoms with Gasteiger partial charge in [-0.05, 0) is 81.4 Å². The van der Waals surface area contributed by atoms with Gasteiger partial charge in [-0.3, -0.25) is 4.79 Å². The molecule has 10 atom stereocenters. The van der Waals surface area contributed by atoms with Gasteiger partial charge in [-0.15, -0.1) is 0 Å². The lowest BCUT2D eigenvalue weighted by molar-refractivity contribution is -0.187. The van der Waals surface area contributed by atoms with Crippen LogP contribution in [0.25, 0.3) is 0 Å². The molecule has 5 fully saturated rings. The van der Waals surface area contributed by atoms with Crippen molar-refractivity contribution >= 4 is 5.78 Å². The molecule has 0 aromatic heterocycles. The predicted molar refractivity (Wildman–Crippen MR) is 122 cm³/mol. The molecule has 5 heteroatoms. The highest BCUT2D eigenvalue weighted by molar-refractivity contribution is 5.88. The minimum atomic E-state index is -0.878. The summed E-state index contributed by atoms with van der Waals surface area (Å²) in [4.78, 5) is 13.2. The van der Waals surface area contributed by atoms with E-state index in [1.54, 1.807) is 0 Å². The van der Waals surface area contributed by atoms with Gasteiger partial charge in [0.15, 0.2) is 6.29 Å². The molecule has 1 aromatic rings. The van der Waals surface area contributed by atoms with Crippen molar-refractivity contribution in [2.75, 3.05) is 0 Å². The zero-order valence-corrected chi connectivity index (χ0v) is 20.2. The molecule has 33 heavy (non-hydrogen) atoms. The standard InChI is InChI=1S/C28H36O5/c1-15(21-14-25(2)27(4,33-25)24(30)31-21)16-7-9-18-17(12-16)8-10-20-19(18)13-23-28(32-23)11-5-6-22(29)26(20,28)3/h7,9,12,15,19-21,23-24,30H,5-6,8,10-11,13-14H2,1-4H3/t15-,19-,20-,21+,23-,24+,25-,26-,27+,28-/m0/s1. The van der Waals surface area contributed by atoms with Crippen LogP contribution in [0.2, 0.25) is 0 Å². The Labute approximate surface area is 196 Å². The van der Waals surface area contributed by atoms with Crippen molar-refractivity contribution < 1.29 is 24.1 Å². The Morgan fingerprint density at radius 1 is 1.18 bits per heavy atom. The van der Waals surface area contributed by atoms with Gasteiger partial charge >= 0.3 is 0 Å². The molecule has 2 saturated carbocycles. The molecular formula is C28H36O5. The van der Waals surface area contributed by atoms with E-state index in [1.807, 2.05) is 6.92 Å². The fourth-order valence-corrected chi connectivity index (χ4v) is 8.59. The largest absolute Gasteiger partial charge is 0.366 e. The van der Waals surface area contributed by atoms with Gasteiger partial charge in [-0.1, -0.05) is 25.1 Å². The number of rotatable bonds is 2. The fourth-order valence-electron chi connectivity index (χ4n) is 8.59. The third-order valence-electron chi connectivity index (χ3n) is 11.1. The van der Waals surface area contributed by atoms with Crippen LogP contribution in [0.5, 0.6) is 0 Å². The van der Waals surface area contributed by atoms with Crippen LogP contribution < -0.4 is 0 Å². The average Bonchev–Trinajstić information content (AvgIpc) is 3.64. The zero-order valence-electron chi connectivity index (χ0n) is 20.2. The molecule has 0 unspecified atom stereocenters. The van der Waals surface area contributed by atoms with Gasteiger partial charge in [0.2, 0.25) is 0 Å². The first-order valence-electron chi connectivity index (χ1n) is 13.0. The van der Waals surface area contributed by atoms with Crippen molar-refractivity contribution in [1.29, 1.82) is 0 Å². The molecule has 0 radical (unpaired) electrons. The third-order valence-corrected chi connectivity index (χ3v) is 11.1. The van der Waals surface area contributed by atoms with E-state index in [2.05, 4.69) is 39.0 Å². The summed E-state index contributed by atoms with van der Waals surface area (Å²) in [5.41, 5.74) is 2.78. The van der Waals surface area contributed by atoms with Crippen molar-refractivity contribution in [2.45, 2.75) is 120 Å². The smallest absolute Gasteiger partial charge is 0.186 e. The highest BCUT2D eigenvalue weighted by atomic mass is 16.7. The van der Waals surface area contributed by atoms with E-state index in [9.17, 15) is 9.90 Å². The first-order valence-corrected chi connectivity index (χ1v) is 13.0. The van der Waals surface area contributed by atoms with Crippen LogP contribution in [-0.4, -0.2) is 46.2 Å². The summed E-state index contributed by atoms with van der Waals surface area (Å²) in [5.74, 6) is 1.42. The number of fused-ring (bicyclic) bond motifs is 5. The molecule has 1 spiro atoms. The van der Waals surface area contributed by atoms with Gasteiger partial charge in [0.1, 0.15) is 22.6 Å². The van der Waals surface area contributed by atoms with Crippen molar-refractivity contribution in [3.8, 4) is 0 Å². The Kier molecular flexibility index (Phi) is 4.01. The number of carbonyl (C=O) groups excluding carboxylic acids is 1. The number of aliphatic hydroxyl groups is 1. The second-order valence-electron chi connectivity index (χ2n) is 12.4. The number of aryl methyl sites for hydroxylation is 1. The molecule has 6 aliphatic rings. The number of benzene rings is 1. The van der Waals surface area contributed by atoms with Crippen molar-refractivity contribution in [2.24, 2.45) is 11.3 Å². The topological polar surface area (TPSA) is 71.6 Å². The number of ether oxygens (including phenoxy) is 3. The Hall–Kier alpha value is -1.27. The molecule has 5 nitrogen and oxygen atoms in total. The van der Waals surface area contributed by atoms with Gasteiger partial charge < -0.3 is 19.3 Å². The maximum Gasteiger partial charge on any atom is 0.186 e. The molecule has 1 N–H and O–H groups in total. The molecule has 178 valence electrons. The van der Waals surface area contributed by atoms with Gasteiger partial charge in [-0.25, -0.2) is 0 Å². The maximum atomic E-state index is 13.2. The van der Waals surface area contributed by atoms with Crippen molar-refractivity contribution in [1.82, 2.24) is 0 Å². The molecule has 3 aliphatic carbocycles.